The number of nitrogens with zero attached hydrogens (tertiary/aromatic N) is 1. The number of aliphatic hydroxyl groups excluding tert-OH is 2. The maximum atomic E-state index is 13.4. The van der Waals surface area contributed by atoms with Crippen molar-refractivity contribution in [1.29, 1.82) is 0 Å². The molecule has 1 aliphatic heterocycles. The van der Waals surface area contributed by atoms with E-state index >= 15 is 0 Å². The van der Waals surface area contributed by atoms with Crippen LogP contribution in [0.4, 0.5) is 4.39 Å². The van der Waals surface area contributed by atoms with Gasteiger partial charge in [0.2, 0.25) is 6.36 Å². The molecular formula is C10H13FN2O6. The average molecular weight is 276 g/mol. The molecule has 0 bridgehead atoms. The van der Waals surface area contributed by atoms with Gasteiger partial charge in [0.1, 0.15) is 18.3 Å². The second kappa shape index (κ2) is 5.21. The second-order valence-electron chi connectivity index (χ2n) is 4.08. The van der Waals surface area contributed by atoms with E-state index < -0.39 is 42.1 Å². The zero-order chi connectivity index (χ0) is 14.2. The van der Waals surface area contributed by atoms with E-state index in [1.54, 1.807) is 0 Å². The van der Waals surface area contributed by atoms with Crippen molar-refractivity contribution >= 4 is 0 Å². The molecule has 0 aromatic carbocycles. The van der Waals surface area contributed by atoms with Crippen LogP contribution in [-0.4, -0.2) is 51.5 Å². The van der Waals surface area contributed by atoms with Gasteiger partial charge in [-0.2, -0.15) is 0 Å². The number of H-pyrrole nitrogens is 1. The molecule has 2 rings (SSSR count). The Hall–Kier alpha value is -1.55. The molecular weight excluding hydrogens is 263 g/mol. The molecule has 0 radical (unpaired) electrons. The van der Waals surface area contributed by atoms with E-state index in [1.165, 1.54) is 0 Å². The third-order valence-corrected chi connectivity index (χ3v) is 2.88. The van der Waals surface area contributed by atoms with Gasteiger partial charge >= 0.3 is 5.69 Å². The van der Waals surface area contributed by atoms with Crippen molar-refractivity contribution in [3.05, 3.63) is 33.1 Å². The van der Waals surface area contributed by atoms with Crippen LogP contribution < -0.4 is 11.2 Å². The highest BCUT2D eigenvalue weighted by atomic mass is 19.1. The molecule has 1 aromatic rings. The lowest BCUT2D eigenvalue weighted by atomic mass is 10.1. The number of hydrogen-bond acceptors (Lipinski definition) is 6. The maximum absolute atomic E-state index is 13.4. The summed E-state index contributed by atoms with van der Waals surface area (Å²) < 4.78 is 23.7. The Bertz CT molecular complexity index is 557. The number of nitrogens with one attached hydrogen (secondary N) is 1. The number of methoxy groups -OCH3 is 1. The highest BCUT2D eigenvalue weighted by molar-refractivity contribution is 4.94. The molecule has 0 spiro atoms. The van der Waals surface area contributed by atoms with Gasteiger partial charge in [-0.05, 0) is 0 Å². The van der Waals surface area contributed by atoms with Gasteiger partial charge in [-0.15, -0.1) is 0 Å². The zero-order valence-electron chi connectivity index (χ0n) is 9.89. The van der Waals surface area contributed by atoms with Gasteiger partial charge in [0, 0.05) is 19.4 Å². The molecule has 2 heterocycles. The second-order valence-corrected chi connectivity index (χ2v) is 4.08. The van der Waals surface area contributed by atoms with Crippen LogP contribution in [0.1, 0.15) is 6.23 Å². The molecule has 5 atom stereocenters. The van der Waals surface area contributed by atoms with E-state index in [-0.39, 0.29) is 0 Å². The average Bonchev–Trinajstić information content (AvgIpc) is 2.66. The van der Waals surface area contributed by atoms with E-state index in [2.05, 4.69) is 4.74 Å². The highest BCUT2D eigenvalue weighted by Gasteiger charge is 2.48. The number of aromatic amines is 1. The van der Waals surface area contributed by atoms with Crippen molar-refractivity contribution in [1.82, 2.24) is 9.55 Å². The summed E-state index contributed by atoms with van der Waals surface area (Å²) in [7, 11) is 1.08. The Morgan fingerprint density at radius 2 is 2.16 bits per heavy atom. The summed E-state index contributed by atoms with van der Waals surface area (Å²) in [6.07, 6.45) is -6.68. The van der Waals surface area contributed by atoms with Crippen LogP contribution in [0.3, 0.4) is 0 Å². The molecule has 3 N–H and O–H groups in total. The third-order valence-electron chi connectivity index (χ3n) is 2.88. The van der Waals surface area contributed by atoms with E-state index in [0.29, 0.717) is 0 Å². The first-order valence-electron chi connectivity index (χ1n) is 5.45. The first kappa shape index (κ1) is 13.9. The first-order chi connectivity index (χ1) is 8.95. The van der Waals surface area contributed by atoms with Crippen molar-refractivity contribution in [2.45, 2.75) is 30.9 Å². The van der Waals surface area contributed by atoms with Crippen LogP contribution in [0.2, 0.25) is 0 Å². The SMILES string of the molecule is COC(F)[C@H]1O[C@@H](n2ccc(=O)[nH]c2=O)[C@@H](O)[C@@H]1O. The minimum atomic E-state index is -1.95. The molecule has 0 amide bonds. The molecule has 1 saturated heterocycles. The van der Waals surface area contributed by atoms with Gasteiger partial charge in [0.15, 0.2) is 6.23 Å². The van der Waals surface area contributed by atoms with E-state index in [1.807, 2.05) is 4.98 Å². The summed E-state index contributed by atoms with van der Waals surface area (Å²) in [5, 5.41) is 19.4. The Kier molecular flexibility index (Phi) is 3.80. The van der Waals surface area contributed by atoms with Crippen LogP contribution in [0.25, 0.3) is 0 Å². The van der Waals surface area contributed by atoms with E-state index in [4.69, 9.17) is 4.74 Å². The van der Waals surface area contributed by atoms with Crippen LogP contribution in [0, 0.1) is 0 Å². The molecule has 106 valence electrons. The number of hydrogen-bond donors (Lipinski definition) is 3. The van der Waals surface area contributed by atoms with Crippen LogP contribution in [0.15, 0.2) is 21.9 Å². The van der Waals surface area contributed by atoms with Crippen molar-refractivity contribution in [3.63, 3.8) is 0 Å². The van der Waals surface area contributed by atoms with Gasteiger partial charge in [-0.3, -0.25) is 14.3 Å². The van der Waals surface area contributed by atoms with E-state index in [9.17, 15) is 24.2 Å². The molecule has 1 unspecified atom stereocenters. The lowest BCUT2D eigenvalue weighted by Gasteiger charge is -2.17. The first-order valence-corrected chi connectivity index (χ1v) is 5.45. The summed E-state index contributed by atoms with van der Waals surface area (Å²) in [5.74, 6) is 0. The molecule has 0 aliphatic carbocycles. The molecule has 9 heteroatoms. The molecule has 0 saturated carbocycles. The highest BCUT2D eigenvalue weighted by Crippen LogP contribution is 2.31. The van der Waals surface area contributed by atoms with Crippen LogP contribution in [-0.2, 0) is 9.47 Å². The summed E-state index contributed by atoms with van der Waals surface area (Å²) >= 11 is 0. The van der Waals surface area contributed by atoms with Gasteiger partial charge in [0.25, 0.3) is 5.56 Å². The summed E-state index contributed by atoms with van der Waals surface area (Å²) in [6, 6.07) is 1.04. The fraction of sp³-hybridized carbons (Fsp3) is 0.600. The molecule has 19 heavy (non-hydrogen) atoms. The number of ether oxygens (including phenoxy) is 2. The molecule has 8 nitrogen and oxygen atoms in total. The predicted molar refractivity (Wildman–Crippen MR) is 59.2 cm³/mol. The van der Waals surface area contributed by atoms with Gasteiger partial charge in [0.05, 0.1) is 0 Å². The Balaban J connectivity index is 2.31. The Labute approximate surface area is 106 Å². The summed E-state index contributed by atoms with van der Waals surface area (Å²) in [5.41, 5.74) is -1.46. The van der Waals surface area contributed by atoms with Gasteiger partial charge in [-0.1, -0.05) is 0 Å². The zero-order valence-corrected chi connectivity index (χ0v) is 9.89. The minimum Gasteiger partial charge on any atom is -0.387 e. The van der Waals surface area contributed by atoms with Gasteiger partial charge in [-0.25, -0.2) is 9.18 Å². The van der Waals surface area contributed by atoms with Crippen molar-refractivity contribution in [2.75, 3.05) is 7.11 Å². The van der Waals surface area contributed by atoms with Gasteiger partial charge < -0.3 is 19.7 Å². The standard InChI is InChI=1S/C10H13FN2O6/c1-18-8(11)7-5(15)6(16)9(19-7)13-3-2-4(14)12-10(13)17/h2-3,5-9,15-16H,1H3,(H,12,14,17)/t5-,6-,7-,8?,9+/m0/s1. The quantitative estimate of drug-likeness (QED) is 0.594. The predicted octanol–water partition coefficient (Wildman–Crippen LogP) is -1.90. The molecule has 1 fully saturated rings. The fourth-order valence-corrected chi connectivity index (χ4v) is 1.89. The Morgan fingerprint density at radius 3 is 2.74 bits per heavy atom. The lowest BCUT2D eigenvalue weighted by Crippen LogP contribution is -2.38. The fourth-order valence-electron chi connectivity index (χ4n) is 1.89. The topological polar surface area (TPSA) is 114 Å². The number of halogens is 1. The normalized spacial score (nSPS) is 32.4. The number of rotatable bonds is 3. The smallest absolute Gasteiger partial charge is 0.330 e. The number of alkyl halides is 1. The third kappa shape index (κ3) is 2.45. The summed E-state index contributed by atoms with van der Waals surface area (Å²) in [4.78, 5) is 24.4. The monoisotopic (exact) mass is 276 g/mol. The molecule has 1 aromatic heterocycles. The Morgan fingerprint density at radius 1 is 1.47 bits per heavy atom. The lowest BCUT2D eigenvalue weighted by molar-refractivity contribution is -0.146. The number of aromatic nitrogens is 2. The maximum Gasteiger partial charge on any atom is 0.330 e. The minimum absolute atomic E-state index is 0.619. The molecule has 1 aliphatic rings. The number of aliphatic hydroxyl groups is 2. The van der Waals surface area contributed by atoms with Crippen molar-refractivity contribution < 1.29 is 24.1 Å². The largest absolute Gasteiger partial charge is 0.387 e. The van der Waals surface area contributed by atoms with Crippen molar-refractivity contribution in [2.24, 2.45) is 0 Å². The van der Waals surface area contributed by atoms with E-state index in [0.717, 1.165) is 23.9 Å². The van der Waals surface area contributed by atoms with Crippen LogP contribution >= 0.6 is 0 Å². The van der Waals surface area contributed by atoms with Crippen LogP contribution in [0.5, 0.6) is 0 Å². The summed E-state index contributed by atoms with van der Waals surface area (Å²) in [6.45, 7) is 0. The van der Waals surface area contributed by atoms with Crippen molar-refractivity contribution in [3.8, 4) is 0 Å².